The molecular weight excluding hydrogens is 418 g/mol. The Morgan fingerprint density at radius 2 is 1.90 bits per heavy atom. The first-order valence-corrected chi connectivity index (χ1v) is 10.4. The van der Waals surface area contributed by atoms with Gasteiger partial charge < -0.3 is 13.9 Å². The summed E-state index contributed by atoms with van der Waals surface area (Å²) in [5, 5.41) is 10.9. The second-order valence-corrected chi connectivity index (χ2v) is 8.17. The molecule has 0 bridgehead atoms. The SMILES string of the molecule is Cc1cc(C(=O)Nc2nc3c(s2)CN(C(=O)c2cc(-c4ccccc4)on2)CC3)no1. The fourth-order valence-electron chi connectivity index (χ4n) is 3.33. The van der Waals surface area contributed by atoms with E-state index in [4.69, 9.17) is 9.05 Å². The highest BCUT2D eigenvalue weighted by Gasteiger charge is 2.27. The summed E-state index contributed by atoms with van der Waals surface area (Å²) in [6.07, 6.45) is 0.597. The van der Waals surface area contributed by atoms with Crippen molar-refractivity contribution in [3.8, 4) is 11.3 Å². The highest BCUT2D eigenvalue weighted by atomic mass is 32.1. The maximum absolute atomic E-state index is 12.9. The number of carbonyl (C=O) groups excluding carboxylic acids is 2. The van der Waals surface area contributed by atoms with Gasteiger partial charge in [-0.05, 0) is 6.92 Å². The van der Waals surface area contributed by atoms with Crippen molar-refractivity contribution in [2.45, 2.75) is 19.9 Å². The number of rotatable bonds is 4. The molecule has 0 saturated heterocycles. The molecule has 0 atom stereocenters. The number of hydrogen-bond acceptors (Lipinski definition) is 8. The van der Waals surface area contributed by atoms with Gasteiger partial charge in [-0.3, -0.25) is 14.9 Å². The summed E-state index contributed by atoms with van der Waals surface area (Å²) in [5.41, 5.74) is 2.20. The van der Waals surface area contributed by atoms with Crippen molar-refractivity contribution in [3.63, 3.8) is 0 Å². The minimum absolute atomic E-state index is 0.197. The van der Waals surface area contributed by atoms with Crippen LogP contribution in [0.3, 0.4) is 0 Å². The van der Waals surface area contributed by atoms with E-state index in [0.29, 0.717) is 36.2 Å². The van der Waals surface area contributed by atoms with Crippen molar-refractivity contribution < 1.29 is 18.6 Å². The molecule has 0 fully saturated rings. The zero-order chi connectivity index (χ0) is 21.4. The molecule has 0 saturated carbocycles. The van der Waals surface area contributed by atoms with Crippen molar-refractivity contribution in [3.05, 3.63) is 70.2 Å². The van der Waals surface area contributed by atoms with Gasteiger partial charge in [-0.15, -0.1) is 0 Å². The Morgan fingerprint density at radius 1 is 1.10 bits per heavy atom. The van der Waals surface area contributed by atoms with Gasteiger partial charge in [0.1, 0.15) is 5.76 Å². The van der Waals surface area contributed by atoms with Crippen LogP contribution in [0.4, 0.5) is 5.13 Å². The molecule has 0 unspecified atom stereocenters. The Kier molecular flexibility index (Phi) is 4.83. The van der Waals surface area contributed by atoms with Gasteiger partial charge in [0.2, 0.25) is 0 Å². The summed E-state index contributed by atoms with van der Waals surface area (Å²) < 4.78 is 10.3. The van der Waals surface area contributed by atoms with E-state index in [1.165, 1.54) is 11.3 Å². The molecule has 9 nitrogen and oxygen atoms in total. The molecule has 10 heteroatoms. The fraction of sp³-hybridized carbons (Fsp3) is 0.190. The number of amides is 2. The minimum Gasteiger partial charge on any atom is -0.361 e. The predicted octanol–water partition coefficient (Wildman–Crippen LogP) is 3.55. The normalized spacial score (nSPS) is 13.1. The lowest BCUT2D eigenvalue weighted by atomic mass is 10.1. The van der Waals surface area contributed by atoms with Gasteiger partial charge in [0.25, 0.3) is 11.8 Å². The molecule has 2 amide bonds. The Bertz CT molecular complexity index is 1260. The van der Waals surface area contributed by atoms with Crippen LogP contribution >= 0.6 is 11.3 Å². The molecule has 3 aromatic heterocycles. The quantitative estimate of drug-likeness (QED) is 0.521. The maximum Gasteiger partial charge on any atom is 0.279 e. The van der Waals surface area contributed by atoms with E-state index >= 15 is 0 Å². The average Bonchev–Trinajstić information content (AvgIpc) is 3.52. The first-order valence-electron chi connectivity index (χ1n) is 9.61. The summed E-state index contributed by atoms with van der Waals surface area (Å²) in [5.74, 6) is 0.522. The lowest BCUT2D eigenvalue weighted by Crippen LogP contribution is -2.35. The van der Waals surface area contributed by atoms with E-state index in [9.17, 15) is 9.59 Å². The first-order chi connectivity index (χ1) is 15.1. The molecule has 1 aliphatic heterocycles. The van der Waals surface area contributed by atoms with Crippen molar-refractivity contribution in [1.29, 1.82) is 0 Å². The van der Waals surface area contributed by atoms with Crippen LogP contribution in [0.25, 0.3) is 11.3 Å². The molecule has 0 aliphatic carbocycles. The largest absolute Gasteiger partial charge is 0.361 e. The third-order valence-electron chi connectivity index (χ3n) is 4.89. The molecule has 0 radical (unpaired) electrons. The van der Waals surface area contributed by atoms with Crippen LogP contribution in [0, 0.1) is 6.92 Å². The number of aromatic nitrogens is 3. The van der Waals surface area contributed by atoms with Gasteiger partial charge in [0, 0.05) is 35.5 Å². The van der Waals surface area contributed by atoms with Gasteiger partial charge in [-0.25, -0.2) is 4.98 Å². The van der Waals surface area contributed by atoms with Crippen LogP contribution in [-0.2, 0) is 13.0 Å². The number of thiazole rings is 1. The van der Waals surface area contributed by atoms with Gasteiger partial charge in [0.15, 0.2) is 22.3 Å². The van der Waals surface area contributed by atoms with Gasteiger partial charge in [-0.2, -0.15) is 0 Å². The minimum atomic E-state index is -0.382. The monoisotopic (exact) mass is 435 g/mol. The number of fused-ring (bicyclic) bond motifs is 1. The number of anilines is 1. The maximum atomic E-state index is 12.9. The van der Waals surface area contributed by atoms with Crippen LogP contribution in [-0.4, -0.2) is 38.6 Å². The van der Waals surface area contributed by atoms with E-state index in [1.807, 2.05) is 30.3 Å². The smallest absolute Gasteiger partial charge is 0.279 e. The Morgan fingerprint density at radius 3 is 2.68 bits per heavy atom. The topological polar surface area (TPSA) is 114 Å². The van der Waals surface area contributed by atoms with Crippen LogP contribution in [0.5, 0.6) is 0 Å². The van der Waals surface area contributed by atoms with Crippen LogP contribution in [0.2, 0.25) is 0 Å². The molecule has 1 aliphatic rings. The molecule has 4 aromatic rings. The van der Waals surface area contributed by atoms with Gasteiger partial charge in [0.05, 0.1) is 12.2 Å². The third kappa shape index (κ3) is 3.84. The summed E-state index contributed by atoms with van der Waals surface area (Å²) >= 11 is 1.34. The molecule has 0 spiro atoms. The van der Waals surface area contributed by atoms with Crippen molar-refractivity contribution in [1.82, 2.24) is 20.2 Å². The molecule has 156 valence electrons. The summed E-state index contributed by atoms with van der Waals surface area (Å²) in [4.78, 5) is 32.3. The molecule has 31 heavy (non-hydrogen) atoms. The fourth-order valence-corrected chi connectivity index (χ4v) is 4.35. The number of benzene rings is 1. The van der Waals surface area contributed by atoms with E-state index in [-0.39, 0.29) is 23.2 Å². The molecular formula is C21H17N5O4S. The third-order valence-corrected chi connectivity index (χ3v) is 5.88. The lowest BCUT2D eigenvalue weighted by Gasteiger charge is -2.25. The number of nitrogens with zero attached hydrogens (tertiary/aromatic N) is 4. The summed E-state index contributed by atoms with van der Waals surface area (Å²) in [6, 6.07) is 12.7. The van der Waals surface area contributed by atoms with E-state index in [2.05, 4.69) is 20.6 Å². The number of aryl methyl sites for hydroxylation is 1. The summed E-state index contributed by atoms with van der Waals surface area (Å²) in [7, 11) is 0. The molecule has 1 aromatic carbocycles. The number of hydrogen-bond donors (Lipinski definition) is 1. The van der Waals surface area contributed by atoms with E-state index in [0.717, 1.165) is 16.1 Å². The highest BCUT2D eigenvalue weighted by Crippen LogP contribution is 2.30. The molecule has 5 rings (SSSR count). The second kappa shape index (κ2) is 7.80. The number of nitrogens with one attached hydrogen (secondary N) is 1. The van der Waals surface area contributed by atoms with Crippen molar-refractivity contribution >= 4 is 28.3 Å². The first kappa shape index (κ1) is 19.2. The Balaban J connectivity index is 1.28. The van der Waals surface area contributed by atoms with Crippen LogP contribution in [0.15, 0.2) is 51.5 Å². The second-order valence-electron chi connectivity index (χ2n) is 7.08. The van der Waals surface area contributed by atoms with Gasteiger partial charge >= 0.3 is 0 Å². The van der Waals surface area contributed by atoms with Crippen LogP contribution < -0.4 is 5.32 Å². The van der Waals surface area contributed by atoms with Crippen molar-refractivity contribution in [2.24, 2.45) is 0 Å². The van der Waals surface area contributed by atoms with E-state index < -0.39 is 0 Å². The highest BCUT2D eigenvalue weighted by molar-refractivity contribution is 7.15. The molecule has 4 heterocycles. The average molecular weight is 435 g/mol. The zero-order valence-corrected chi connectivity index (χ0v) is 17.3. The Labute approximate surface area is 180 Å². The standard InChI is InChI=1S/C21H17N5O4S/c1-12-9-15(24-29-12)19(27)23-21-22-14-7-8-26(11-18(14)31-21)20(28)16-10-17(30-25-16)13-5-3-2-4-6-13/h2-6,9-10H,7-8,11H2,1H3,(H,22,23,27). The van der Waals surface area contributed by atoms with Gasteiger partial charge in [-0.1, -0.05) is 52.0 Å². The number of carbonyl (C=O) groups is 2. The van der Waals surface area contributed by atoms with E-state index in [1.54, 1.807) is 24.0 Å². The Hall–Kier alpha value is -3.79. The zero-order valence-electron chi connectivity index (χ0n) is 16.5. The van der Waals surface area contributed by atoms with Crippen LogP contribution in [0.1, 0.15) is 37.3 Å². The molecule has 1 N–H and O–H groups in total. The summed E-state index contributed by atoms with van der Waals surface area (Å²) in [6.45, 7) is 2.63. The predicted molar refractivity (Wildman–Crippen MR) is 112 cm³/mol. The lowest BCUT2D eigenvalue weighted by molar-refractivity contribution is 0.0725. The van der Waals surface area contributed by atoms with Crippen molar-refractivity contribution in [2.75, 3.05) is 11.9 Å².